The molecule has 7 heteroatoms. The minimum atomic E-state index is -3.54. The lowest BCUT2D eigenvalue weighted by atomic mass is 10.1. The first kappa shape index (κ1) is 19.9. The second-order valence-corrected chi connectivity index (χ2v) is 8.51. The third-order valence-electron chi connectivity index (χ3n) is 4.17. The van der Waals surface area contributed by atoms with Crippen molar-refractivity contribution in [3.8, 4) is 5.75 Å². The average Bonchev–Trinajstić information content (AvgIpc) is 2.70. The van der Waals surface area contributed by atoms with E-state index in [1.807, 2.05) is 36.4 Å². The molecule has 0 aliphatic carbocycles. The molecule has 0 aliphatic rings. The highest BCUT2D eigenvalue weighted by atomic mass is 32.2. The maximum Gasteiger partial charge on any atom is 0.344 e. The van der Waals surface area contributed by atoms with E-state index in [0.717, 1.165) is 15.1 Å². The summed E-state index contributed by atoms with van der Waals surface area (Å²) >= 11 is 0. The lowest BCUT2D eigenvalue weighted by molar-refractivity contribution is -0.147. The Morgan fingerprint density at radius 3 is 2.46 bits per heavy atom. The summed E-state index contributed by atoms with van der Waals surface area (Å²) in [6.45, 7) is -0.266. The zero-order valence-electron chi connectivity index (χ0n) is 15.7. The minimum absolute atomic E-state index is 0.0332. The molecule has 3 aromatic carbocycles. The smallest absolute Gasteiger partial charge is 0.344 e. The van der Waals surface area contributed by atoms with Gasteiger partial charge in [0.1, 0.15) is 12.4 Å². The van der Waals surface area contributed by atoms with Crippen LogP contribution in [0.4, 0.5) is 0 Å². The van der Waals surface area contributed by atoms with Gasteiger partial charge in [0.25, 0.3) is 0 Å². The highest BCUT2D eigenvalue weighted by molar-refractivity contribution is 7.89. The van der Waals surface area contributed by atoms with Gasteiger partial charge in [-0.2, -0.15) is 0 Å². The number of hydrogen-bond acceptors (Lipinski definition) is 5. The number of carbonyl (C=O) groups excluding carboxylic acids is 1. The van der Waals surface area contributed by atoms with Crippen LogP contribution in [0.1, 0.15) is 5.56 Å². The number of hydrogen-bond donors (Lipinski definition) is 0. The Bertz CT molecular complexity index is 1090. The molecular weight excluding hydrogens is 378 g/mol. The molecule has 3 rings (SSSR count). The van der Waals surface area contributed by atoms with E-state index in [0.29, 0.717) is 11.3 Å². The van der Waals surface area contributed by atoms with E-state index in [9.17, 15) is 13.2 Å². The van der Waals surface area contributed by atoms with Crippen molar-refractivity contribution in [1.82, 2.24) is 4.31 Å². The normalized spacial score (nSPS) is 11.5. The van der Waals surface area contributed by atoms with Gasteiger partial charge in [-0.15, -0.1) is 0 Å². The van der Waals surface area contributed by atoms with Crippen LogP contribution in [-0.4, -0.2) is 39.4 Å². The maximum atomic E-state index is 12.2. The number of esters is 1. The minimum Gasteiger partial charge on any atom is -0.481 e. The first-order valence-electron chi connectivity index (χ1n) is 8.65. The van der Waals surface area contributed by atoms with Crippen LogP contribution in [0.25, 0.3) is 10.8 Å². The van der Waals surface area contributed by atoms with Crippen LogP contribution in [0, 0.1) is 0 Å². The van der Waals surface area contributed by atoms with Crippen LogP contribution in [0.3, 0.4) is 0 Å². The SMILES string of the molecule is CN(C)S(=O)(=O)c1cccc(COC(=O)COc2cccc3ccccc23)c1. The number of fused-ring (bicyclic) bond motifs is 1. The molecule has 28 heavy (non-hydrogen) atoms. The molecule has 0 spiro atoms. The number of benzene rings is 3. The molecule has 0 unspecified atom stereocenters. The summed E-state index contributed by atoms with van der Waals surface area (Å²) in [6, 6.07) is 19.7. The number of nitrogens with zero attached hydrogens (tertiary/aromatic N) is 1. The number of sulfonamides is 1. The van der Waals surface area contributed by atoms with E-state index >= 15 is 0 Å². The summed E-state index contributed by atoms with van der Waals surface area (Å²) in [5, 5.41) is 1.94. The molecule has 146 valence electrons. The van der Waals surface area contributed by atoms with Gasteiger partial charge in [-0.3, -0.25) is 0 Å². The van der Waals surface area contributed by atoms with Crippen LogP contribution in [0.2, 0.25) is 0 Å². The van der Waals surface area contributed by atoms with E-state index in [1.54, 1.807) is 18.2 Å². The van der Waals surface area contributed by atoms with Gasteiger partial charge in [0.05, 0.1) is 4.90 Å². The number of ether oxygens (including phenoxy) is 2. The molecule has 0 fully saturated rings. The molecule has 0 N–H and O–H groups in total. The van der Waals surface area contributed by atoms with Gasteiger partial charge < -0.3 is 9.47 Å². The van der Waals surface area contributed by atoms with Crippen molar-refractivity contribution in [2.24, 2.45) is 0 Å². The topological polar surface area (TPSA) is 72.9 Å². The number of rotatable bonds is 7. The summed E-state index contributed by atoms with van der Waals surface area (Å²) in [4.78, 5) is 12.2. The summed E-state index contributed by atoms with van der Waals surface area (Å²) < 4.78 is 36.3. The molecule has 0 heterocycles. The molecular formula is C21H21NO5S. The Morgan fingerprint density at radius 2 is 1.68 bits per heavy atom. The Morgan fingerprint density at radius 1 is 0.964 bits per heavy atom. The van der Waals surface area contributed by atoms with Gasteiger partial charge in [0.15, 0.2) is 6.61 Å². The van der Waals surface area contributed by atoms with Crippen molar-refractivity contribution in [3.63, 3.8) is 0 Å². The average molecular weight is 399 g/mol. The molecule has 0 atom stereocenters. The first-order valence-corrected chi connectivity index (χ1v) is 10.1. The molecule has 0 radical (unpaired) electrons. The lowest BCUT2D eigenvalue weighted by Gasteiger charge is -2.12. The zero-order chi connectivity index (χ0) is 20.1. The fraction of sp³-hybridized carbons (Fsp3) is 0.190. The molecule has 0 saturated carbocycles. The van der Waals surface area contributed by atoms with Crippen LogP contribution in [0.15, 0.2) is 71.6 Å². The van der Waals surface area contributed by atoms with Crippen LogP contribution in [0.5, 0.6) is 5.75 Å². The largest absolute Gasteiger partial charge is 0.481 e. The van der Waals surface area contributed by atoms with Crippen molar-refractivity contribution in [3.05, 3.63) is 72.3 Å². The van der Waals surface area contributed by atoms with E-state index in [2.05, 4.69) is 0 Å². The summed E-state index contributed by atoms with van der Waals surface area (Å²) in [5.74, 6) is 0.0722. The summed E-state index contributed by atoms with van der Waals surface area (Å²) in [5.41, 5.74) is 0.585. The predicted molar refractivity (Wildman–Crippen MR) is 107 cm³/mol. The van der Waals surface area contributed by atoms with Gasteiger partial charge in [-0.1, -0.05) is 48.5 Å². The quantitative estimate of drug-likeness (QED) is 0.571. The standard InChI is InChI=1S/C21H21NO5S/c1-22(2)28(24,25)18-10-5-7-16(13-18)14-27-21(23)15-26-20-12-6-9-17-8-3-4-11-19(17)20/h3-13H,14-15H2,1-2H3. The van der Waals surface area contributed by atoms with Crippen LogP contribution < -0.4 is 4.74 Å². The van der Waals surface area contributed by atoms with Crippen molar-refractivity contribution in [1.29, 1.82) is 0 Å². The third kappa shape index (κ3) is 4.49. The van der Waals surface area contributed by atoms with Crippen LogP contribution in [-0.2, 0) is 26.2 Å². The predicted octanol–water partition coefficient (Wildman–Crippen LogP) is 3.21. The van der Waals surface area contributed by atoms with Crippen molar-refractivity contribution < 1.29 is 22.7 Å². The van der Waals surface area contributed by atoms with Gasteiger partial charge in [0.2, 0.25) is 10.0 Å². The molecule has 0 bridgehead atoms. The van der Waals surface area contributed by atoms with Crippen molar-refractivity contribution >= 4 is 26.8 Å². The Kier molecular flexibility index (Phi) is 5.96. The fourth-order valence-corrected chi connectivity index (χ4v) is 3.64. The molecule has 6 nitrogen and oxygen atoms in total. The van der Waals surface area contributed by atoms with Gasteiger partial charge in [-0.25, -0.2) is 17.5 Å². The Hall–Kier alpha value is -2.90. The molecule has 0 saturated heterocycles. The summed E-state index contributed by atoms with van der Waals surface area (Å²) in [6.07, 6.45) is 0. The zero-order valence-corrected chi connectivity index (χ0v) is 16.5. The third-order valence-corrected chi connectivity index (χ3v) is 5.98. The van der Waals surface area contributed by atoms with E-state index in [1.165, 1.54) is 26.2 Å². The molecule has 0 aromatic heterocycles. The highest BCUT2D eigenvalue weighted by Gasteiger charge is 2.17. The van der Waals surface area contributed by atoms with E-state index < -0.39 is 16.0 Å². The second kappa shape index (κ2) is 8.41. The monoisotopic (exact) mass is 399 g/mol. The first-order chi connectivity index (χ1) is 13.4. The van der Waals surface area contributed by atoms with E-state index in [-0.39, 0.29) is 18.1 Å². The fourth-order valence-electron chi connectivity index (χ4n) is 2.67. The lowest BCUT2D eigenvalue weighted by Crippen LogP contribution is -2.22. The van der Waals surface area contributed by atoms with Gasteiger partial charge >= 0.3 is 5.97 Å². The maximum absolute atomic E-state index is 12.2. The number of carbonyl (C=O) groups is 1. The second-order valence-electron chi connectivity index (χ2n) is 6.36. The Labute approximate surface area is 164 Å². The highest BCUT2D eigenvalue weighted by Crippen LogP contribution is 2.25. The summed E-state index contributed by atoms with van der Waals surface area (Å²) in [7, 11) is -0.607. The van der Waals surface area contributed by atoms with Crippen molar-refractivity contribution in [2.75, 3.05) is 20.7 Å². The van der Waals surface area contributed by atoms with Crippen LogP contribution >= 0.6 is 0 Å². The van der Waals surface area contributed by atoms with E-state index in [4.69, 9.17) is 9.47 Å². The Balaban J connectivity index is 1.60. The molecule has 0 amide bonds. The van der Waals surface area contributed by atoms with Gasteiger partial charge in [-0.05, 0) is 29.1 Å². The van der Waals surface area contributed by atoms with Crippen molar-refractivity contribution in [2.45, 2.75) is 11.5 Å². The molecule has 0 aliphatic heterocycles. The molecule has 3 aromatic rings. The van der Waals surface area contributed by atoms with Gasteiger partial charge in [0, 0.05) is 19.5 Å².